The molecule has 1 aromatic rings. The zero-order valence-electron chi connectivity index (χ0n) is 16.5. The van der Waals surface area contributed by atoms with Crippen molar-refractivity contribution in [1.82, 2.24) is 5.32 Å². The van der Waals surface area contributed by atoms with Crippen LogP contribution < -0.4 is 15.8 Å². The van der Waals surface area contributed by atoms with Gasteiger partial charge in [0.1, 0.15) is 24.6 Å². The molecule has 0 bridgehead atoms. The Morgan fingerprint density at radius 2 is 1.93 bits per heavy atom. The maximum Gasteiger partial charge on any atom is 0.471 e. The topological polar surface area (TPSA) is 90.7 Å². The van der Waals surface area contributed by atoms with Crippen LogP contribution >= 0.6 is 0 Å². The number of amides is 2. The van der Waals surface area contributed by atoms with E-state index in [0.29, 0.717) is 5.75 Å². The number of carbonyl (C=O) groups is 2. The highest BCUT2D eigenvalue weighted by atomic mass is 19.4. The number of nitrogens with two attached hydrogens (primary N) is 1. The Morgan fingerprint density at radius 3 is 2.60 bits per heavy atom. The summed E-state index contributed by atoms with van der Waals surface area (Å²) >= 11 is 0. The fourth-order valence-corrected chi connectivity index (χ4v) is 2.86. The Kier molecular flexibility index (Phi) is 8.99. The van der Waals surface area contributed by atoms with Gasteiger partial charge >= 0.3 is 12.1 Å². The molecule has 30 heavy (non-hydrogen) atoms. The summed E-state index contributed by atoms with van der Waals surface area (Å²) in [6.45, 7) is -0.394. The standard InChI is InChI=1S/C21H25F3N2O4/c22-21(23,24)20(28)26-12-13-29-16-10-8-15(9-11-16)14-18(19(25)27)30-17-6-4-2-1-3-5-7-17/h8-11,17-18H,1-4,6,12-14H2,(H2,25,27)(H,26,28). The molecule has 9 heteroatoms. The number of alkyl halides is 3. The van der Waals surface area contributed by atoms with Gasteiger partial charge in [-0.3, -0.25) is 9.59 Å². The first-order chi connectivity index (χ1) is 14.3. The van der Waals surface area contributed by atoms with Gasteiger partial charge in [0.05, 0.1) is 6.54 Å². The van der Waals surface area contributed by atoms with Crippen molar-refractivity contribution in [3.63, 3.8) is 0 Å². The smallest absolute Gasteiger partial charge is 0.471 e. The summed E-state index contributed by atoms with van der Waals surface area (Å²) in [7, 11) is 0. The van der Waals surface area contributed by atoms with E-state index in [-0.39, 0.29) is 25.7 Å². The molecule has 2 unspecified atom stereocenters. The monoisotopic (exact) mass is 426 g/mol. The number of benzene rings is 1. The van der Waals surface area contributed by atoms with Crippen LogP contribution in [0.3, 0.4) is 0 Å². The number of carbonyl (C=O) groups excluding carboxylic acids is 2. The molecule has 0 saturated heterocycles. The molecule has 2 atom stereocenters. The second-order valence-corrected chi connectivity index (χ2v) is 6.89. The SMILES string of the molecule is NC(=O)C(Cc1ccc(OCCNC(=O)C(F)(F)F)cc1)OC1C#CCCCCC1. The number of hydrogen-bond donors (Lipinski definition) is 2. The number of nitrogens with one attached hydrogen (secondary N) is 1. The molecule has 6 nitrogen and oxygen atoms in total. The first-order valence-electron chi connectivity index (χ1n) is 9.75. The van der Waals surface area contributed by atoms with Crippen LogP contribution in [0.25, 0.3) is 0 Å². The molecule has 0 fully saturated rings. The van der Waals surface area contributed by atoms with Crippen molar-refractivity contribution in [3.05, 3.63) is 29.8 Å². The average molecular weight is 426 g/mol. The van der Waals surface area contributed by atoms with Crippen molar-refractivity contribution in [3.8, 4) is 17.6 Å². The average Bonchev–Trinajstić information content (AvgIpc) is 2.66. The Labute approximate surface area is 173 Å². The van der Waals surface area contributed by atoms with Gasteiger partial charge in [-0.15, -0.1) is 5.92 Å². The van der Waals surface area contributed by atoms with E-state index in [4.69, 9.17) is 15.2 Å². The van der Waals surface area contributed by atoms with E-state index in [1.807, 2.05) is 0 Å². The van der Waals surface area contributed by atoms with Crippen LogP contribution in [-0.4, -0.2) is 43.4 Å². The molecule has 0 saturated carbocycles. The largest absolute Gasteiger partial charge is 0.492 e. The molecule has 0 aromatic heterocycles. The number of halogens is 3. The molecule has 0 radical (unpaired) electrons. The third-order valence-electron chi connectivity index (χ3n) is 4.44. The minimum Gasteiger partial charge on any atom is -0.492 e. The van der Waals surface area contributed by atoms with Crippen molar-refractivity contribution in [2.75, 3.05) is 13.2 Å². The summed E-state index contributed by atoms with van der Waals surface area (Å²) in [5.41, 5.74) is 6.27. The van der Waals surface area contributed by atoms with Gasteiger partial charge in [0.2, 0.25) is 5.91 Å². The molecular weight excluding hydrogens is 401 g/mol. The van der Waals surface area contributed by atoms with Gasteiger partial charge in [0, 0.05) is 12.8 Å². The summed E-state index contributed by atoms with van der Waals surface area (Å²) in [5, 5.41) is 1.72. The maximum absolute atomic E-state index is 12.1. The van der Waals surface area contributed by atoms with Gasteiger partial charge in [0.25, 0.3) is 0 Å². The molecule has 1 aliphatic rings. The Bertz CT molecular complexity index is 769. The lowest BCUT2D eigenvalue weighted by Gasteiger charge is -2.20. The number of ether oxygens (including phenoxy) is 2. The number of primary amides is 1. The number of rotatable bonds is 9. The van der Waals surface area contributed by atoms with Gasteiger partial charge in [-0.05, 0) is 37.0 Å². The van der Waals surface area contributed by atoms with Crippen LogP contribution in [0.2, 0.25) is 0 Å². The summed E-state index contributed by atoms with van der Waals surface area (Å²) in [6.07, 6.45) is -1.06. The Morgan fingerprint density at radius 1 is 1.20 bits per heavy atom. The molecule has 3 N–H and O–H groups in total. The van der Waals surface area contributed by atoms with Gasteiger partial charge in [-0.1, -0.05) is 24.5 Å². The van der Waals surface area contributed by atoms with E-state index < -0.39 is 24.1 Å². The van der Waals surface area contributed by atoms with Crippen LogP contribution in [0.4, 0.5) is 13.2 Å². The van der Waals surface area contributed by atoms with E-state index in [9.17, 15) is 22.8 Å². The van der Waals surface area contributed by atoms with Crippen LogP contribution in [0.15, 0.2) is 24.3 Å². The third-order valence-corrected chi connectivity index (χ3v) is 4.44. The molecule has 1 aliphatic carbocycles. The zero-order valence-corrected chi connectivity index (χ0v) is 16.5. The predicted octanol–water partition coefficient (Wildman–Crippen LogP) is 2.49. The molecule has 1 aromatic carbocycles. The Balaban J connectivity index is 1.83. The predicted molar refractivity (Wildman–Crippen MR) is 103 cm³/mol. The second kappa shape index (κ2) is 11.5. The van der Waals surface area contributed by atoms with E-state index in [2.05, 4.69) is 11.8 Å². The van der Waals surface area contributed by atoms with Gasteiger partial charge in [-0.2, -0.15) is 13.2 Å². The van der Waals surface area contributed by atoms with Gasteiger partial charge < -0.3 is 20.5 Å². The molecule has 0 aliphatic heterocycles. The summed E-state index contributed by atoms with van der Waals surface area (Å²) < 4.78 is 47.4. The fraction of sp³-hybridized carbons (Fsp3) is 0.524. The quantitative estimate of drug-likeness (QED) is 0.469. The van der Waals surface area contributed by atoms with Gasteiger partial charge in [0.15, 0.2) is 0 Å². The highest BCUT2D eigenvalue weighted by Crippen LogP contribution is 2.18. The highest BCUT2D eigenvalue weighted by Gasteiger charge is 2.38. The van der Waals surface area contributed by atoms with E-state index in [1.165, 1.54) is 0 Å². The van der Waals surface area contributed by atoms with Crippen molar-refractivity contribution >= 4 is 11.8 Å². The fourth-order valence-electron chi connectivity index (χ4n) is 2.86. The molecule has 2 rings (SSSR count). The minimum atomic E-state index is -4.91. The lowest BCUT2D eigenvalue weighted by Crippen LogP contribution is -2.38. The lowest BCUT2D eigenvalue weighted by atomic mass is 10.0. The van der Waals surface area contributed by atoms with E-state index in [0.717, 1.165) is 37.7 Å². The maximum atomic E-state index is 12.1. The first-order valence-corrected chi connectivity index (χ1v) is 9.75. The van der Waals surface area contributed by atoms with Crippen molar-refractivity contribution in [2.24, 2.45) is 5.73 Å². The Hall–Kier alpha value is -2.73. The van der Waals surface area contributed by atoms with Crippen LogP contribution in [-0.2, 0) is 20.7 Å². The van der Waals surface area contributed by atoms with E-state index >= 15 is 0 Å². The van der Waals surface area contributed by atoms with Crippen LogP contribution in [0, 0.1) is 11.8 Å². The van der Waals surface area contributed by atoms with Crippen LogP contribution in [0.1, 0.15) is 37.7 Å². The van der Waals surface area contributed by atoms with Gasteiger partial charge in [-0.25, -0.2) is 0 Å². The van der Waals surface area contributed by atoms with E-state index in [1.54, 1.807) is 29.6 Å². The zero-order chi connectivity index (χ0) is 22.0. The normalized spacial score (nSPS) is 17.6. The summed E-state index contributed by atoms with van der Waals surface area (Å²) in [6, 6.07) is 6.67. The minimum absolute atomic E-state index is 0.117. The molecule has 2 amide bonds. The summed E-state index contributed by atoms with van der Waals surface area (Å²) in [5.74, 6) is 3.95. The second-order valence-electron chi connectivity index (χ2n) is 6.89. The third kappa shape index (κ3) is 8.33. The van der Waals surface area contributed by atoms with Crippen LogP contribution in [0.5, 0.6) is 5.75 Å². The summed E-state index contributed by atoms with van der Waals surface area (Å²) in [4.78, 5) is 22.5. The van der Waals surface area contributed by atoms with Crippen molar-refractivity contribution in [2.45, 2.75) is 56.9 Å². The number of hydrogen-bond acceptors (Lipinski definition) is 4. The molecule has 0 spiro atoms. The first kappa shape index (κ1) is 23.5. The van der Waals surface area contributed by atoms with Crippen molar-refractivity contribution < 1.29 is 32.2 Å². The molecule has 164 valence electrons. The van der Waals surface area contributed by atoms with Crippen molar-refractivity contribution in [1.29, 1.82) is 0 Å². The molecule has 0 heterocycles. The molecular formula is C21H25F3N2O4. The highest BCUT2D eigenvalue weighted by molar-refractivity contribution is 5.81. The lowest BCUT2D eigenvalue weighted by molar-refractivity contribution is -0.173.